The maximum absolute atomic E-state index is 12.1. The molecule has 0 radical (unpaired) electrons. The van der Waals surface area contributed by atoms with E-state index in [1.54, 1.807) is 12.0 Å². The lowest BCUT2D eigenvalue weighted by Crippen LogP contribution is -2.42. The van der Waals surface area contributed by atoms with Crippen LogP contribution in [0.1, 0.15) is 11.1 Å². The SMILES string of the molecule is COc1cc2c(cc1OC)CN(CC(=O)NCC(F)(F)F)CC2. The van der Waals surface area contributed by atoms with E-state index < -0.39 is 18.6 Å². The maximum atomic E-state index is 12.1. The molecule has 1 amide bonds. The number of hydrogen-bond acceptors (Lipinski definition) is 4. The van der Waals surface area contributed by atoms with Crippen molar-refractivity contribution in [3.05, 3.63) is 23.3 Å². The molecule has 0 bridgehead atoms. The van der Waals surface area contributed by atoms with Gasteiger partial charge in [0.2, 0.25) is 5.91 Å². The molecule has 5 nitrogen and oxygen atoms in total. The summed E-state index contributed by atoms with van der Waals surface area (Å²) in [6.07, 6.45) is -3.70. The van der Waals surface area contributed by atoms with Crippen molar-refractivity contribution in [2.24, 2.45) is 0 Å². The quantitative estimate of drug-likeness (QED) is 0.892. The number of fused-ring (bicyclic) bond motifs is 1. The lowest BCUT2D eigenvalue weighted by atomic mass is 9.99. The first-order chi connectivity index (χ1) is 10.8. The molecule has 23 heavy (non-hydrogen) atoms. The highest BCUT2D eigenvalue weighted by Gasteiger charge is 2.28. The van der Waals surface area contributed by atoms with Crippen molar-refractivity contribution in [2.75, 3.05) is 33.9 Å². The summed E-state index contributed by atoms with van der Waals surface area (Å²) in [5, 5.41) is 1.88. The lowest BCUT2D eigenvalue weighted by Gasteiger charge is -2.29. The highest BCUT2D eigenvalue weighted by molar-refractivity contribution is 5.78. The molecule has 0 atom stereocenters. The van der Waals surface area contributed by atoms with Gasteiger partial charge in [0.05, 0.1) is 20.8 Å². The molecular formula is C15H19F3N2O3. The summed E-state index contributed by atoms with van der Waals surface area (Å²) in [5.74, 6) is 0.600. The average molecular weight is 332 g/mol. The van der Waals surface area contributed by atoms with Gasteiger partial charge in [0.1, 0.15) is 6.54 Å². The predicted octanol–water partition coefficient (Wildman–Crippen LogP) is 1.74. The number of rotatable bonds is 5. The minimum absolute atomic E-state index is 0.0656. The molecular weight excluding hydrogens is 313 g/mol. The monoisotopic (exact) mass is 332 g/mol. The second-order valence-electron chi connectivity index (χ2n) is 5.33. The number of amides is 1. The lowest BCUT2D eigenvalue weighted by molar-refractivity contribution is -0.139. The van der Waals surface area contributed by atoms with Gasteiger partial charge in [0.15, 0.2) is 11.5 Å². The summed E-state index contributed by atoms with van der Waals surface area (Å²) >= 11 is 0. The van der Waals surface area contributed by atoms with Crippen molar-refractivity contribution in [3.63, 3.8) is 0 Å². The van der Waals surface area contributed by atoms with E-state index in [0.717, 1.165) is 11.1 Å². The normalized spacial score (nSPS) is 15.0. The smallest absolute Gasteiger partial charge is 0.405 e. The van der Waals surface area contributed by atoms with Crippen molar-refractivity contribution in [1.82, 2.24) is 10.2 Å². The number of nitrogens with one attached hydrogen (secondary N) is 1. The molecule has 8 heteroatoms. The summed E-state index contributed by atoms with van der Waals surface area (Å²) in [6, 6.07) is 3.74. The van der Waals surface area contributed by atoms with Gasteiger partial charge in [-0.05, 0) is 29.7 Å². The van der Waals surface area contributed by atoms with Gasteiger partial charge in [-0.1, -0.05) is 0 Å². The van der Waals surface area contributed by atoms with Crippen LogP contribution < -0.4 is 14.8 Å². The Bertz CT molecular complexity index is 576. The number of carbonyl (C=O) groups is 1. The van der Waals surface area contributed by atoms with E-state index >= 15 is 0 Å². The van der Waals surface area contributed by atoms with Crippen molar-refractivity contribution in [2.45, 2.75) is 19.1 Å². The third kappa shape index (κ3) is 4.75. The third-order valence-electron chi connectivity index (χ3n) is 3.65. The van der Waals surface area contributed by atoms with E-state index in [1.165, 1.54) is 7.11 Å². The topological polar surface area (TPSA) is 50.8 Å². The number of benzene rings is 1. The van der Waals surface area contributed by atoms with Crippen LogP contribution in [0.15, 0.2) is 12.1 Å². The van der Waals surface area contributed by atoms with Crippen molar-refractivity contribution in [1.29, 1.82) is 0 Å². The Morgan fingerprint density at radius 3 is 2.39 bits per heavy atom. The first-order valence-electron chi connectivity index (χ1n) is 7.12. The van der Waals surface area contributed by atoms with Gasteiger partial charge in [-0.25, -0.2) is 0 Å². The van der Waals surface area contributed by atoms with E-state index in [4.69, 9.17) is 9.47 Å². The van der Waals surface area contributed by atoms with Crippen LogP contribution in [0.2, 0.25) is 0 Å². The third-order valence-corrected chi connectivity index (χ3v) is 3.65. The van der Waals surface area contributed by atoms with Gasteiger partial charge in [0.25, 0.3) is 0 Å². The van der Waals surface area contributed by atoms with Gasteiger partial charge in [-0.15, -0.1) is 0 Å². The van der Waals surface area contributed by atoms with Crippen molar-refractivity contribution >= 4 is 5.91 Å². The zero-order chi connectivity index (χ0) is 17.0. The Kier molecular flexibility index (Phi) is 5.35. The molecule has 0 spiro atoms. The number of carbonyl (C=O) groups excluding carboxylic acids is 1. The van der Waals surface area contributed by atoms with E-state index in [1.807, 2.05) is 17.4 Å². The zero-order valence-electron chi connectivity index (χ0n) is 13.0. The Hall–Kier alpha value is -1.96. The summed E-state index contributed by atoms with van der Waals surface area (Å²) in [7, 11) is 3.10. The summed E-state index contributed by atoms with van der Waals surface area (Å²) in [6.45, 7) is -0.289. The molecule has 2 rings (SSSR count). The molecule has 1 aromatic carbocycles. The summed E-state index contributed by atoms with van der Waals surface area (Å²) in [4.78, 5) is 13.4. The summed E-state index contributed by atoms with van der Waals surface area (Å²) < 4.78 is 46.8. The van der Waals surface area contributed by atoms with Crippen LogP contribution >= 0.6 is 0 Å². The van der Waals surface area contributed by atoms with E-state index in [9.17, 15) is 18.0 Å². The van der Waals surface area contributed by atoms with Crippen LogP contribution in [-0.2, 0) is 17.8 Å². The number of ether oxygens (including phenoxy) is 2. The molecule has 1 heterocycles. The van der Waals surface area contributed by atoms with Gasteiger partial charge < -0.3 is 14.8 Å². The first kappa shape index (κ1) is 17.4. The van der Waals surface area contributed by atoms with Crippen LogP contribution in [0, 0.1) is 0 Å². The van der Waals surface area contributed by atoms with Crippen molar-refractivity contribution in [3.8, 4) is 11.5 Å². The average Bonchev–Trinajstić information content (AvgIpc) is 2.50. The number of nitrogens with zero attached hydrogens (tertiary/aromatic N) is 1. The predicted molar refractivity (Wildman–Crippen MR) is 77.6 cm³/mol. The number of methoxy groups -OCH3 is 2. The molecule has 0 fully saturated rings. The fourth-order valence-electron chi connectivity index (χ4n) is 2.53. The Balaban J connectivity index is 1.98. The Morgan fingerprint density at radius 2 is 1.83 bits per heavy atom. The van der Waals surface area contributed by atoms with E-state index in [-0.39, 0.29) is 6.54 Å². The molecule has 1 aromatic rings. The van der Waals surface area contributed by atoms with Crippen molar-refractivity contribution < 1.29 is 27.4 Å². The zero-order valence-corrected chi connectivity index (χ0v) is 13.0. The first-order valence-corrected chi connectivity index (χ1v) is 7.12. The van der Waals surface area contributed by atoms with Gasteiger partial charge >= 0.3 is 6.18 Å². The van der Waals surface area contributed by atoms with Crippen LogP contribution in [0.4, 0.5) is 13.2 Å². The Labute approximate surface area is 132 Å². The van der Waals surface area contributed by atoms with Gasteiger partial charge in [0, 0.05) is 13.1 Å². The second kappa shape index (κ2) is 7.08. The van der Waals surface area contributed by atoms with E-state index in [0.29, 0.717) is 31.0 Å². The molecule has 0 aromatic heterocycles. The Morgan fingerprint density at radius 1 is 1.22 bits per heavy atom. The standard InChI is InChI=1S/C15H19F3N2O3/c1-22-12-5-10-3-4-20(7-11(10)6-13(12)23-2)8-14(21)19-9-15(16,17)18/h5-6H,3-4,7-9H2,1-2H3,(H,19,21). The molecule has 0 aliphatic carbocycles. The fraction of sp³-hybridized carbons (Fsp3) is 0.533. The highest BCUT2D eigenvalue weighted by Crippen LogP contribution is 2.33. The van der Waals surface area contributed by atoms with Gasteiger partial charge in [-0.3, -0.25) is 9.69 Å². The molecule has 1 aliphatic heterocycles. The largest absolute Gasteiger partial charge is 0.493 e. The highest BCUT2D eigenvalue weighted by atomic mass is 19.4. The molecule has 0 saturated carbocycles. The van der Waals surface area contributed by atoms with Crippen LogP contribution in [0.5, 0.6) is 11.5 Å². The molecule has 1 N–H and O–H groups in total. The molecule has 0 saturated heterocycles. The minimum Gasteiger partial charge on any atom is -0.493 e. The van der Waals surface area contributed by atoms with E-state index in [2.05, 4.69) is 0 Å². The maximum Gasteiger partial charge on any atom is 0.405 e. The number of hydrogen-bond donors (Lipinski definition) is 1. The number of halogens is 3. The van der Waals surface area contributed by atoms with Gasteiger partial charge in [-0.2, -0.15) is 13.2 Å². The van der Waals surface area contributed by atoms with Crippen LogP contribution in [0.25, 0.3) is 0 Å². The number of alkyl halides is 3. The second-order valence-corrected chi connectivity index (χ2v) is 5.33. The molecule has 0 unspecified atom stereocenters. The van der Waals surface area contributed by atoms with Crippen LogP contribution in [-0.4, -0.2) is 50.8 Å². The molecule has 128 valence electrons. The molecule has 1 aliphatic rings. The fourth-order valence-corrected chi connectivity index (χ4v) is 2.53. The summed E-state index contributed by atoms with van der Waals surface area (Å²) in [5.41, 5.74) is 2.08. The minimum atomic E-state index is -4.39. The van der Waals surface area contributed by atoms with Crippen LogP contribution in [0.3, 0.4) is 0 Å².